The number of alkyl halides is 3. The number of carbonyl (C=O) groups excluding carboxylic acids is 2. The van der Waals surface area contributed by atoms with Crippen LogP contribution in [0.2, 0.25) is 0 Å². The summed E-state index contributed by atoms with van der Waals surface area (Å²) in [5, 5.41) is 5.86. The molecule has 1 atom stereocenters. The first-order valence-corrected chi connectivity index (χ1v) is 7.48. The van der Waals surface area contributed by atoms with Crippen LogP contribution >= 0.6 is 0 Å². The van der Waals surface area contributed by atoms with Crippen LogP contribution in [0.1, 0.15) is 12.8 Å². The molecule has 0 aliphatic carbocycles. The number of halogens is 3. The van der Waals surface area contributed by atoms with Crippen molar-refractivity contribution in [3.8, 4) is 0 Å². The average Bonchev–Trinajstić information content (AvgIpc) is 2.95. The average molecular weight is 322 g/mol. The highest BCUT2D eigenvalue weighted by atomic mass is 19.4. The number of piperazine rings is 1. The molecule has 0 aromatic rings. The Morgan fingerprint density at radius 3 is 2.50 bits per heavy atom. The minimum Gasteiger partial charge on any atom is -0.353 e. The van der Waals surface area contributed by atoms with E-state index in [1.165, 1.54) is 0 Å². The van der Waals surface area contributed by atoms with Crippen molar-refractivity contribution in [1.82, 2.24) is 20.4 Å². The fourth-order valence-corrected chi connectivity index (χ4v) is 2.83. The summed E-state index contributed by atoms with van der Waals surface area (Å²) in [6, 6.07) is -1.00. The lowest BCUT2D eigenvalue weighted by Gasteiger charge is -2.28. The van der Waals surface area contributed by atoms with Crippen LogP contribution in [0, 0.1) is 0 Å². The van der Waals surface area contributed by atoms with E-state index in [9.17, 15) is 22.8 Å². The molecule has 2 rings (SSSR count). The Kier molecular flexibility index (Phi) is 5.63. The van der Waals surface area contributed by atoms with Crippen molar-refractivity contribution in [1.29, 1.82) is 0 Å². The van der Waals surface area contributed by atoms with Crippen LogP contribution in [-0.2, 0) is 9.59 Å². The van der Waals surface area contributed by atoms with E-state index in [1.54, 1.807) is 0 Å². The number of likely N-dealkylation sites (tertiary alicyclic amines) is 1. The largest absolute Gasteiger partial charge is 0.471 e. The zero-order chi connectivity index (χ0) is 16.2. The van der Waals surface area contributed by atoms with Crippen molar-refractivity contribution in [2.24, 2.45) is 0 Å². The second kappa shape index (κ2) is 7.28. The van der Waals surface area contributed by atoms with Gasteiger partial charge in [0.15, 0.2) is 0 Å². The van der Waals surface area contributed by atoms with Crippen molar-refractivity contribution in [2.45, 2.75) is 25.1 Å². The number of rotatable bonds is 4. The van der Waals surface area contributed by atoms with E-state index in [-0.39, 0.29) is 13.0 Å². The molecule has 0 bridgehead atoms. The molecule has 6 nitrogen and oxygen atoms in total. The van der Waals surface area contributed by atoms with Crippen molar-refractivity contribution in [3.63, 3.8) is 0 Å². The summed E-state index contributed by atoms with van der Waals surface area (Å²) >= 11 is 0. The molecule has 2 aliphatic heterocycles. The first-order valence-electron chi connectivity index (χ1n) is 7.48. The van der Waals surface area contributed by atoms with Crippen LogP contribution in [0.15, 0.2) is 0 Å². The summed E-state index contributed by atoms with van der Waals surface area (Å²) in [4.78, 5) is 26.1. The molecule has 2 heterocycles. The lowest BCUT2D eigenvalue weighted by Crippen LogP contribution is -2.51. The van der Waals surface area contributed by atoms with Gasteiger partial charge in [0, 0.05) is 45.8 Å². The van der Waals surface area contributed by atoms with E-state index in [1.807, 2.05) is 0 Å². The molecular weight excluding hydrogens is 301 g/mol. The second-order valence-corrected chi connectivity index (χ2v) is 5.54. The number of carbonyl (C=O) groups is 2. The topological polar surface area (TPSA) is 64.7 Å². The van der Waals surface area contributed by atoms with Gasteiger partial charge in [-0.05, 0) is 12.8 Å². The first-order chi connectivity index (χ1) is 10.4. The Morgan fingerprint density at radius 1 is 1.18 bits per heavy atom. The Bertz CT molecular complexity index is 411. The minimum absolute atomic E-state index is 0.0196. The van der Waals surface area contributed by atoms with E-state index >= 15 is 0 Å². The summed E-state index contributed by atoms with van der Waals surface area (Å²) in [5.41, 5.74) is 0. The van der Waals surface area contributed by atoms with Crippen molar-refractivity contribution >= 4 is 11.8 Å². The predicted octanol–water partition coefficient (Wildman–Crippen LogP) is -0.439. The van der Waals surface area contributed by atoms with Crippen molar-refractivity contribution < 1.29 is 22.8 Å². The summed E-state index contributed by atoms with van der Waals surface area (Å²) in [7, 11) is 0. The molecule has 0 aromatic carbocycles. The van der Waals surface area contributed by atoms with Crippen LogP contribution in [0.5, 0.6) is 0 Å². The Hall–Kier alpha value is -1.35. The summed E-state index contributed by atoms with van der Waals surface area (Å²) < 4.78 is 37.5. The fraction of sp³-hybridized carbons (Fsp3) is 0.846. The molecule has 0 spiro atoms. The van der Waals surface area contributed by atoms with Gasteiger partial charge >= 0.3 is 12.1 Å². The highest BCUT2D eigenvalue weighted by Gasteiger charge is 2.47. The third-order valence-electron chi connectivity index (χ3n) is 4.00. The van der Waals surface area contributed by atoms with Crippen molar-refractivity contribution in [2.75, 3.05) is 45.8 Å². The van der Waals surface area contributed by atoms with E-state index in [2.05, 4.69) is 15.5 Å². The predicted molar refractivity (Wildman–Crippen MR) is 73.1 cm³/mol. The zero-order valence-electron chi connectivity index (χ0n) is 12.3. The number of hydrogen-bond acceptors (Lipinski definition) is 4. The van der Waals surface area contributed by atoms with Gasteiger partial charge in [-0.15, -0.1) is 0 Å². The lowest BCUT2D eigenvalue weighted by molar-refractivity contribution is -0.186. The highest BCUT2D eigenvalue weighted by molar-refractivity contribution is 5.90. The molecule has 126 valence electrons. The van der Waals surface area contributed by atoms with E-state index in [0.29, 0.717) is 24.4 Å². The van der Waals surface area contributed by atoms with Crippen LogP contribution < -0.4 is 10.6 Å². The molecule has 2 saturated heterocycles. The maximum Gasteiger partial charge on any atom is 0.471 e. The quantitative estimate of drug-likeness (QED) is 0.737. The maximum absolute atomic E-state index is 12.5. The smallest absolute Gasteiger partial charge is 0.353 e. The Labute approximate surface area is 127 Å². The molecular formula is C13H21F3N4O2. The second-order valence-electron chi connectivity index (χ2n) is 5.54. The van der Waals surface area contributed by atoms with Gasteiger partial charge in [0.05, 0.1) is 0 Å². The molecule has 1 unspecified atom stereocenters. The molecule has 2 fully saturated rings. The van der Waals surface area contributed by atoms with Gasteiger partial charge in [0.25, 0.3) is 0 Å². The third kappa shape index (κ3) is 4.33. The molecule has 2 aliphatic rings. The maximum atomic E-state index is 12.5. The van der Waals surface area contributed by atoms with Gasteiger partial charge in [-0.1, -0.05) is 0 Å². The van der Waals surface area contributed by atoms with Crippen LogP contribution in [0.25, 0.3) is 0 Å². The van der Waals surface area contributed by atoms with Crippen LogP contribution in [-0.4, -0.2) is 79.6 Å². The van der Waals surface area contributed by atoms with Gasteiger partial charge in [-0.3, -0.25) is 14.5 Å². The number of amides is 2. The van der Waals surface area contributed by atoms with E-state index in [0.717, 1.165) is 26.2 Å². The third-order valence-corrected chi connectivity index (χ3v) is 4.00. The number of hydrogen-bond donors (Lipinski definition) is 2. The normalized spacial score (nSPS) is 23.6. The van der Waals surface area contributed by atoms with Gasteiger partial charge in [-0.25, -0.2) is 0 Å². The molecule has 22 heavy (non-hydrogen) atoms. The molecule has 9 heteroatoms. The van der Waals surface area contributed by atoms with Gasteiger partial charge < -0.3 is 15.5 Å². The van der Waals surface area contributed by atoms with Crippen molar-refractivity contribution in [3.05, 3.63) is 0 Å². The Balaban J connectivity index is 1.79. The molecule has 0 radical (unpaired) electrons. The minimum atomic E-state index is -4.93. The molecule has 2 N–H and O–H groups in total. The summed E-state index contributed by atoms with van der Waals surface area (Å²) in [6.07, 6.45) is -4.23. The monoisotopic (exact) mass is 322 g/mol. The summed E-state index contributed by atoms with van der Waals surface area (Å²) in [5.74, 6) is -2.42. The Morgan fingerprint density at radius 2 is 1.86 bits per heavy atom. The first kappa shape index (κ1) is 17.0. The van der Waals surface area contributed by atoms with E-state index in [4.69, 9.17) is 0 Å². The zero-order valence-corrected chi connectivity index (χ0v) is 12.3. The molecule has 0 aromatic heterocycles. The van der Waals surface area contributed by atoms with Gasteiger partial charge in [0.1, 0.15) is 6.04 Å². The van der Waals surface area contributed by atoms with E-state index < -0.39 is 24.0 Å². The summed E-state index contributed by atoms with van der Waals surface area (Å²) in [6.45, 7) is 4.58. The van der Waals surface area contributed by atoms with Gasteiger partial charge in [-0.2, -0.15) is 13.2 Å². The number of nitrogens with one attached hydrogen (secondary N) is 2. The standard InChI is InChI=1S/C13H21F3N4O2/c14-13(15,16)12(22)20-6-1-2-10(20)11(21)18-5-9-19-7-3-17-4-8-19/h10,17H,1-9H2,(H,18,21). The lowest BCUT2D eigenvalue weighted by atomic mass is 10.2. The van der Waals surface area contributed by atoms with Crippen LogP contribution in [0.3, 0.4) is 0 Å². The van der Waals surface area contributed by atoms with Crippen LogP contribution in [0.4, 0.5) is 13.2 Å². The molecule has 2 amide bonds. The SMILES string of the molecule is O=C(NCCN1CCNCC1)C1CCCN1C(=O)C(F)(F)F. The fourth-order valence-electron chi connectivity index (χ4n) is 2.83. The van der Waals surface area contributed by atoms with Gasteiger partial charge in [0.2, 0.25) is 5.91 Å². The highest BCUT2D eigenvalue weighted by Crippen LogP contribution is 2.25. The molecule has 0 saturated carbocycles. The number of nitrogens with zero attached hydrogens (tertiary/aromatic N) is 2.